The molecule has 0 saturated carbocycles. The lowest BCUT2D eigenvalue weighted by molar-refractivity contribution is 0.413. The highest BCUT2D eigenvalue weighted by Crippen LogP contribution is 2.26. The van der Waals surface area contributed by atoms with E-state index in [0.717, 1.165) is 11.5 Å². The molecule has 0 heterocycles. The van der Waals surface area contributed by atoms with E-state index in [2.05, 4.69) is 59.0 Å². The van der Waals surface area contributed by atoms with E-state index in [1.165, 1.54) is 14.0 Å². The molecule has 0 amide bonds. The van der Waals surface area contributed by atoms with Crippen LogP contribution in [-0.2, 0) is 5.75 Å². The average Bonchev–Trinajstić information content (AvgIpc) is 2.38. The molecule has 0 N–H and O–H groups in total. The zero-order chi connectivity index (χ0) is 12.1. The molecule has 88 valence electrons. The molecule has 0 aromatic heterocycles. The zero-order valence-corrected chi connectivity index (χ0v) is 12.5. The zero-order valence-electron chi connectivity index (χ0n) is 9.52. The Labute approximate surface area is 120 Å². The van der Waals surface area contributed by atoms with Gasteiger partial charge in [0.25, 0.3) is 0 Å². The molecule has 0 bridgehead atoms. The first kappa shape index (κ1) is 12.8. The largest absolute Gasteiger partial charge is 0.497 e. The molecule has 3 heteroatoms. The SMILES string of the molecule is COc1cccc(SCc2ccc(I)cc2)c1. The van der Waals surface area contributed by atoms with Gasteiger partial charge in [-0.3, -0.25) is 0 Å². The Morgan fingerprint density at radius 2 is 1.88 bits per heavy atom. The summed E-state index contributed by atoms with van der Waals surface area (Å²) in [6.07, 6.45) is 0. The van der Waals surface area contributed by atoms with Gasteiger partial charge in [-0.2, -0.15) is 0 Å². The molecular weight excluding hydrogens is 343 g/mol. The molecule has 1 nitrogen and oxygen atoms in total. The Morgan fingerprint density at radius 3 is 2.59 bits per heavy atom. The molecule has 0 fully saturated rings. The number of benzene rings is 2. The normalized spacial score (nSPS) is 10.2. The molecular formula is C14H13IOS. The van der Waals surface area contributed by atoms with E-state index >= 15 is 0 Å². The van der Waals surface area contributed by atoms with E-state index in [-0.39, 0.29) is 0 Å². The summed E-state index contributed by atoms with van der Waals surface area (Å²) in [5, 5.41) is 0. The summed E-state index contributed by atoms with van der Waals surface area (Å²) in [6.45, 7) is 0. The van der Waals surface area contributed by atoms with Crippen LogP contribution in [0.2, 0.25) is 0 Å². The van der Waals surface area contributed by atoms with Gasteiger partial charge in [-0.15, -0.1) is 11.8 Å². The Morgan fingerprint density at radius 1 is 1.12 bits per heavy atom. The third-order valence-corrected chi connectivity index (χ3v) is 4.14. The van der Waals surface area contributed by atoms with Crippen LogP contribution in [0, 0.1) is 3.57 Å². The highest BCUT2D eigenvalue weighted by atomic mass is 127. The lowest BCUT2D eigenvalue weighted by atomic mass is 10.2. The van der Waals surface area contributed by atoms with Crippen molar-refractivity contribution in [1.29, 1.82) is 0 Å². The lowest BCUT2D eigenvalue weighted by Crippen LogP contribution is -1.84. The minimum Gasteiger partial charge on any atom is -0.497 e. The van der Waals surface area contributed by atoms with Gasteiger partial charge < -0.3 is 4.74 Å². The molecule has 0 aliphatic rings. The molecule has 0 aliphatic heterocycles. The van der Waals surface area contributed by atoms with Gasteiger partial charge >= 0.3 is 0 Å². The van der Waals surface area contributed by atoms with Crippen LogP contribution < -0.4 is 4.74 Å². The topological polar surface area (TPSA) is 9.23 Å². The minimum atomic E-state index is 0.914. The second-order valence-electron chi connectivity index (χ2n) is 3.59. The van der Waals surface area contributed by atoms with Crippen LogP contribution >= 0.6 is 34.4 Å². The van der Waals surface area contributed by atoms with Crippen molar-refractivity contribution in [2.24, 2.45) is 0 Å². The Kier molecular flexibility index (Phi) is 4.74. The van der Waals surface area contributed by atoms with Crippen LogP contribution in [-0.4, -0.2) is 7.11 Å². The van der Waals surface area contributed by atoms with Crippen LogP contribution in [0.5, 0.6) is 5.75 Å². The maximum atomic E-state index is 5.21. The molecule has 0 unspecified atom stereocenters. The van der Waals surface area contributed by atoms with Crippen molar-refractivity contribution in [2.45, 2.75) is 10.6 Å². The van der Waals surface area contributed by atoms with Crippen molar-refractivity contribution >= 4 is 34.4 Å². The summed E-state index contributed by atoms with van der Waals surface area (Å²) < 4.78 is 6.48. The van der Waals surface area contributed by atoms with Crippen LogP contribution in [0.3, 0.4) is 0 Å². The van der Waals surface area contributed by atoms with Crippen molar-refractivity contribution in [2.75, 3.05) is 7.11 Å². The van der Waals surface area contributed by atoms with Crippen LogP contribution in [0.15, 0.2) is 53.4 Å². The highest BCUT2D eigenvalue weighted by Gasteiger charge is 1.98. The van der Waals surface area contributed by atoms with E-state index in [0.29, 0.717) is 0 Å². The van der Waals surface area contributed by atoms with Crippen molar-refractivity contribution in [3.05, 3.63) is 57.7 Å². The predicted octanol–water partition coefficient (Wildman–Crippen LogP) is 4.59. The van der Waals surface area contributed by atoms with E-state index in [1.807, 2.05) is 23.9 Å². The lowest BCUT2D eigenvalue weighted by Gasteiger charge is -2.04. The summed E-state index contributed by atoms with van der Waals surface area (Å²) in [5.41, 5.74) is 1.35. The number of halogens is 1. The van der Waals surface area contributed by atoms with Crippen molar-refractivity contribution in [1.82, 2.24) is 0 Å². The van der Waals surface area contributed by atoms with Crippen molar-refractivity contribution in [3.63, 3.8) is 0 Å². The first-order valence-electron chi connectivity index (χ1n) is 5.29. The second-order valence-corrected chi connectivity index (χ2v) is 5.89. The monoisotopic (exact) mass is 356 g/mol. The number of hydrogen-bond donors (Lipinski definition) is 0. The van der Waals surface area contributed by atoms with Gasteiger partial charge in [0, 0.05) is 14.2 Å². The number of hydrogen-bond acceptors (Lipinski definition) is 2. The predicted molar refractivity (Wildman–Crippen MR) is 81.7 cm³/mol. The summed E-state index contributed by atoms with van der Waals surface area (Å²) in [5.74, 6) is 1.90. The molecule has 2 aromatic rings. The van der Waals surface area contributed by atoms with Crippen LogP contribution in [0.25, 0.3) is 0 Å². The number of methoxy groups -OCH3 is 1. The maximum absolute atomic E-state index is 5.21. The van der Waals surface area contributed by atoms with Gasteiger partial charge in [-0.05, 0) is 58.5 Å². The van der Waals surface area contributed by atoms with Gasteiger partial charge in [-0.25, -0.2) is 0 Å². The third-order valence-electron chi connectivity index (χ3n) is 2.36. The van der Waals surface area contributed by atoms with Gasteiger partial charge in [0.15, 0.2) is 0 Å². The molecule has 0 atom stereocenters. The summed E-state index contributed by atoms with van der Waals surface area (Å²) in [7, 11) is 1.70. The molecule has 2 aromatic carbocycles. The van der Waals surface area contributed by atoms with Crippen molar-refractivity contribution in [3.8, 4) is 5.75 Å². The van der Waals surface area contributed by atoms with Gasteiger partial charge in [-0.1, -0.05) is 18.2 Å². The maximum Gasteiger partial charge on any atom is 0.119 e. The van der Waals surface area contributed by atoms with Gasteiger partial charge in [0.2, 0.25) is 0 Å². The van der Waals surface area contributed by atoms with E-state index in [9.17, 15) is 0 Å². The van der Waals surface area contributed by atoms with Crippen LogP contribution in [0.4, 0.5) is 0 Å². The quantitative estimate of drug-likeness (QED) is 0.585. The van der Waals surface area contributed by atoms with Gasteiger partial charge in [0.1, 0.15) is 5.75 Å². The van der Waals surface area contributed by atoms with E-state index in [1.54, 1.807) is 7.11 Å². The number of thioether (sulfide) groups is 1. The first-order valence-corrected chi connectivity index (χ1v) is 7.35. The fourth-order valence-electron chi connectivity index (χ4n) is 1.44. The van der Waals surface area contributed by atoms with E-state index in [4.69, 9.17) is 4.74 Å². The van der Waals surface area contributed by atoms with Crippen LogP contribution in [0.1, 0.15) is 5.56 Å². The summed E-state index contributed by atoms with van der Waals surface area (Å²) >= 11 is 4.15. The fourth-order valence-corrected chi connectivity index (χ4v) is 2.70. The highest BCUT2D eigenvalue weighted by molar-refractivity contribution is 14.1. The number of ether oxygens (including phenoxy) is 1. The summed E-state index contributed by atoms with van der Waals surface area (Å²) in [4.78, 5) is 1.24. The van der Waals surface area contributed by atoms with Crippen molar-refractivity contribution < 1.29 is 4.74 Å². The Bertz CT molecular complexity index is 482. The number of rotatable bonds is 4. The second kappa shape index (κ2) is 6.31. The Hall–Kier alpha value is -0.680. The fraction of sp³-hybridized carbons (Fsp3) is 0.143. The molecule has 2 rings (SSSR count). The Balaban J connectivity index is 1.99. The molecule has 17 heavy (non-hydrogen) atoms. The summed E-state index contributed by atoms with van der Waals surface area (Å²) in [6, 6.07) is 16.8. The van der Waals surface area contributed by atoms with Gasteiger partial charge in [0.05, 0.1) is 7.11 Å². The smallest absolute Gasteiger partial charge is 0.119 e. The standard InChI is InChI=1S/C14H13IOS/c1-16-13-3-2-4-14(9-13)17-10-11-5-7-12(15)8-6-11/h2-9H,10H2,1H3. The molecule has 0 spiro atoms. The third kappa shape index (κ3) is 3.92. The molecule has 0 aliphatic carbocycles. The molecule has 0 radical (unpaired) electrons. The first-order chi connectivity index (χ1) is 8.28. The average molecular weight is 356 g/mol. The van der Waals surface area contributed by atoms with E-state index < -0.39 is 0 Å². The molecule has 0 saturated heterocycles. The minimum absolute atomic E-state index is 0.914.